The Hall–Kier alpha value is -2.20. The van der Waals surface area contributed by atoms with Crippen LogP contribution in [0.5, 0.6) is 0 Å². The van der Waals surface area contributed by atoms with Crippen molar-refractivity contribution in [2.24, 2.45) is 7.05 Å². The zero-order valence-electron chi connectivity index (χ0n) is 13.7. The average molecular weight is 307 g/mol. The molecule has 0 amide bonds. The molecule has 118 valence electrons. The highest BCUT2D eigenvalue weighted by Crippen LogP contribution is 2.36. The molecular weight excluding hydrogens is 286 g/mol. The summed E-state index contributed by atoms with van der Waals surface area (Å²) in [6.07, 6.45) is 1.73. The molecule has 1 heterocycles. The van der Waals surface area contributed by atoms with Gasteiger partial charge in [0.15, 0.2) is 0 Å². The van der Waals surface area contributed by atoms with Gasteiger partial charge in [-0.1, -0.05) is 36.4 Å². The Labute approximate surface area is 135 Å². The topological polar surface area (TPSA) is 50.9 Å². The van der Waals surface area contributed by atoms with Gasteiger partial charge in [-0.15, -0.1) is 5.10 Å². The summed E-state index contributed by atoms with van der Waals surface area (Å²) in [6.45, 7) is 4.27. The smallest absolute Gasteiger partial charge is 0.116 e. The standard InChI is InChI=1S/C19H21N3O/c1-11-4-5-13-6-7-14(10-16(11)13)19(23)15-8-9-17-18(12(15)2)20-21-22(17)3/h6-11,19,23H,4-5H2,1-3H3. The second kappa shape index (κ2) is 5.17. The van der Waals surface area contributed by atoms with Crippen molar-refractivity contribution in [3.63, 3.8) is 0 Å². The maximum Gasteiger partial charge on any atom is 0.116 e. The maximum atomic E-state index is 10.9. The second-order valence-electron chi connectivity index (χ2n) is 6.66. The number of benzene rings is 2. The number of aliphatic hydroxyl groups is 1. The summed E-state index contributed by atoms with van der Waals surface area (Å²) in [4.78, 5) is 0. The van der Waals surface area contributed by atoms with Crippen LogP contribution in [-0.4, -0.2) is 20.1 Å². The lowest BCUT2D eigenvalue weighted by molar-refractivity contribution is 0.219. The Kier molecular flexibility index (Phi) is 3.23. The van der Waals surface area contributed by atoms with Crippen molar-refractivity contribution in [3.05, 3.63) is 58.1 Å². The van der Waals surface area contributed by atoms with Crippen LogP contribution in [0, 0.1) is 6.92 Å². The molecule has 0 fully saturated rings. The van der Waals surface area contributed by atoms with Crippen LogP contribution in [0.3, 0.4) is 0 Å². The van der Waals surface area contributed by atoms with Gasteiger partial charge >= 0.3 is 0 Å². The molecule has 4 rings (SSSR count). The van der Waals surface area contributed by atoms with E-state index in [1.807, 2.05) is 26.1 Å². The SMILES string of the molecule is Cc1c(C(O)c2ccc3c(c2)C(C)CC3)ccc2c1nnn2C. The molecular formula is C19H21N3O. The van der Waals surface area contributed by atoms with E-state index in [9.17, 15) is 5.11 Å². The quantitative estimate of drug-likeness (QED) is 0.789. The molecule has 0 saturated carbocycles. The largest absolute Gasteiger partial charge is 0.384 e. The molecule has 0 saturated heterocycles. The van der Waals surface area contributed by atoms with Crippen molar-refractivity contribution in [1.82, 2.24) is 15.0 Å². The number of aromatic nitrogens is 3. The lowest BCUT2D eigenvalue weighted by Crippen LogP contribution is -2.04. The highest BCUT2D eigenvalue weighted by Gasteiger charge is 2.22. The third-order valence-electron chi connectivity index (χ3n) is 5.24. The number of fused-ring (bicyclic) bond motifs is 2. The number of hydrogen-bond acceptors (Lipinski definition) is 3. The predicted molar refractivity (Wildman–Crippen MR) is 90.5 cm³/mol. The highest BCUT2D eigenvalue weighted by molar-refractivity contribution is 5.79. The first-order valence-electron chi connectivity index (χ1n) is 8.16. The van der Waals surface area contributed by atoms with Crippen LogP contribution in [0.1, 0.15) is 53.2 Å². The summed E-state index contributed by atoms with van der Waals surface area (Å²) < 4.78 is 1.76. The molecule has 0 spiro atoms. The lowest BCUT2D eigenvalue weighted by atomic mass is 9.93. The monoisotopic (exact) mass is 307 g/mol. The van der Waals surface area contributed by atoms with Crippen LogP contribution in [0.25, 0.3) is 11.0 Å². The van der Waals surface area contributed by atoms with Crippen LogP contribution in [0.2, 0.25) is 0 Å². The molecule has 1 aliphatic carbocycles. The molecule has 1 aliphatic rings. The minimum atomic E-state index is -0.625. The van der Waals surface area contributed by atoms with Gasteiger partial charge in [0.25, 0.3) is 0 Å². The Bertz CT molecular complexity index is 897. The molecule has 0 aliphatic heterocycles. The fraction of sp³-hybridized carbons (Fsp3) is 0.368. The molecule has 23 heavy (non-hydrogen) atoms. The number of aliphatic hydroxyl groups excluding tert-OH is 1. The Morgan fingerprint density at radius 1 is 1.26 bits per heavy atom. The van der Waals surface area contributed by atoms with Crippen molar-refractivity contribution >= 4 is 11.0 Å². The minimum absolute atomic E-state index is 0.584. The fourth-order valence-corrected chi connectivity index (χ4v) is 3.72. The summed E-state index contributed by atoms with van der Waals surface area (Å²) in [5, 5.41) is 19.2. The second-order valence-corrected chi connectivity index (χ2v) is 6.66. The molecule has 1 N–H and O–H groups in total. The van der Waals surface area contributed by atoms with Gasteiger partial charge < -0.3 is 5.11 Å². The van der Waals surface area contributed by atoms with Crippen molar-refractivity contribution < 1.29 is 5.11 Å². The van der Waals surface area contributed by atoms with Gasteiger partial charge in [0, 0.05) is 7.05 Å². The van der Waals surface area contributed by atoms with Crippen molar-refractivity contribution in [2.45, 2.75) is 38.7 Å². The zero-order valence-corrected chi connectivity index (χ0v) is 13.7. The van der Waals surface area contributed by atoms with Gasteiger partial charge in [0.1, 0.15) is 11.6 Å². The van der Waals surface area contributed by atoms with E-state index in [1.54, 1.807) is 4.68 Å². The number of aryl methyl sites for hydroxylation is 3. The third-order valence-corrected chi connectivity index (χ3v) is 5.24. The number of hydrogen-bond donors (Lipinski definition) is 1. The normalized spacial score (nSPS) is 18.3. The Balaban J connectivity index is 1.79. The Morgan fingerprint density at radius 2 is 2.09 bits per heavy atom. The van der Waals surface area contributed by atoms with Gasteiger partial charge in [-0.25, -0.2) is 4.68 Å². The van der Waals surface area contributed by atoms with Gasteiger partial charge in [-0.05, 0) is 59.6 Å². The molecule has 2 atom stereocenters. The molecule has 4 heteroatoms. The first kappa shape index (κ1) is 14.4. The summed E-state index contributed by atoms with van der Waals surface area (Å²) in [5.41, 5.74) is 7.53. The van der Waals surface area contributed by atoms with E-state index >= 15 is 0 Å². The van der Waals surface area contributed by atoms with E-state index in [-0.39, 0.29) is 0 Å². The number of nitrogens with zero attached hydrogens (tertiary/aromatic N) is 3. The highest BCUT2D eigenvalue weighted by atomic mass is 16.3. The van der Waals surface area contributed by atoms with Crippen LogP contribution in [-0.2, 0) is 13.5 Å². The number of rotatable bonds is 2. The first-order chi connectivity index (χ1) is 11.1. The van der Waals surface area contributed by atoms with Crippen molar-refractivity contribution in [3.8, 4) is 0 Å². The molecule has 4 nitrogen and oxygen atoms in total. The molecule has 2 unspecified atom stereocenters. The van der Waals surface area contributed by atoms with E-state index in [1.165, 1.54) is 17.5 Å². The maximum absolute atomic E-state index is 10.9. The van der Waals surface area contributed by atoms with Gasteiger partial charge in [-0.3, -0.25) is 0 Å². The van der Waals surface area contributed by atoms with Gasteiger partial charge in [-0.2, -0.15) is 0 Å². The summed E-state index contributed by atoms with van der Waals surface area (Å²) in [5.74, 6) is 0.584. The molecule has 0 bridgehead atoms. The van der Waals surface area contributed by atoms with Gasteiger partial charge in [0.2, 0.25) is 0 Å². The third kappa shape index (κ3) is 2.17. The van der Waals surface area contributed by atoms with Crippen LogP contribution in [0.15, 0.2) is 30.3 Å². The first-order valence-corrected chi connectivity index (χ1v) is 8.16. The Morgan fingerprint density at radius 3 is 2.91 bits per heavy atom. The van der Waals surface area contributed by atoms with E-state index in [4.69, 9.17) is 0 Å². The van der Waals surface area contributed by atoms with E-state index in [0.717, 1.165) is 34.1 Å². The average Bonchev–Trinajstić information content (AvgIpc) is 3.11. The summed E-state index contributed by atoms with van der Waals surface area (Å²) >= 11 is 0. The van der Waals surface area contributed by atoms with Crippen molar-refractivity contribution in [1.29, 1.82) is 0 Å². The van der Waals surface area contributed by atoms with Crippen LogP contribution in [0.4, 0.5) is 0 Å². The van der Waals surface area contributed by atoms with Crippen molar-refractivity contribution in [2.75, 3.05) is 0 Å². The zero-order chi connectivity index (χ0) is 16.1. The lowest BCUT2D eigenvalue weighted by Gasteiger charge is -2.16. The minimum Gasteiger partial charge on any atom is -0.384 e. The van der Waals surface area contributed by atoms with E-state index in [2.05, 4.69) is 35.4 Å². The van der Waals surface area contributed by atoms with Crippen LogP contribution >= 0.6 is 0 Å². The van der Waals surface area contributed by atoms with Crippen LogP contribution < -0.4 is 0 Å². The van der Waals surface area contributed by atoms with Gasteiger partial charge in [0.05, 0.1) is 5.52 Å². The molecule has 0 radical (unpaired) electrons. The summed E-state index contributed by atoms with van der Waals surface area (Å²) in [6, 6.07) is 10.4. The fourth-order valence-electron chi connectivity index (χ4n) is 3.72. The summed E-state index contributed by atoms with van der Waals surface area (Å²) in [7, 11) is 1.88. The molecule has 3 aromatic rings. The van der Waals surface area contributed by atoms with E-state index < -0.39 is 6.10 Å². The van der Waals surface area contributed by atoms with E-state index in [0.29, 0.717) is 5.92 Å². The molecule has 1 aromatic heterocycles. The molecule has 2 aromatic carbocycles. The predicted octanol–water partition coefficient (Wildman–Crippen LogP) is 3.41.